The largest absolute Gasteiger partial charge is 0.441 e. The van der Waals surface area contributed by atoms with E-state index in [0.717, 1.165) is 12.1 Å². The van der Waals surface area contributed by atoms with E-state index in [1.807, 2.05) is 0 Å². The Bertz CT molecular complexity index is 664. The van der Waals surface area contributed by atoms with Crippen LogP contribution < -0.4 is 5.14 Å². The topological polar surface area (TPSA) is 86.2 Å². The van der Waals surface area contributed by atoms with Gasteiger partial charge in [-0.3, -0.25) is 0 Å². The van der Waals surface area contributed by atoms with Crippen molar-refractivity contribution >= 4 is 10.0 Å². The lowest BCUT2D eigenvalue weighted by Gasteiger charge is -2.02. The van der Waals surface area contributed by atoms with Gasteiger partial charge in [0.1, 0.15) is 10.7 Å². The van der Waals surface area contributed by atoms with E-state index in [1.54, 1.807) is 6.92 Å². The van der Waals surface area contributed by atoms with E-state index in [-0.39, 0.29) is 0 Å². The van der Waals surface area contributed by atoms with Crippen LogP contribution in [0.5, 0.6) is 0 Å². The molecule has 2 aromatic rings. The molecule has 0 saturated heterocycles. The maximum atomic E-state index is 13.5. The van der Waals surface area contributed by atoms with Gasteiger partial charge in [0, 0.05) is 12.5 Å². The van der Waals surface area contributed by atoms with E-state index in [9.17, 15) is 12.8 Å². The SMILES string of the molecule is Cc1ncc(-c2ccc(S(N)(=O)=O)c(F)c2)o1. The second-order valence-electron chi connectivity index (χ2n) is 3.43. The third-order valence-corrected chi connectivity index (χ3v) is 3.09. The van der Waals surface area contributed by atoms with Crippen LogP contribution in [0.15, 0.2) is 33.7 Å². The Morgan fingerprint density at radius 3 is 2.59 bits per heavy atom. The second kappa shape index (κ2) is 3.94. The highest BCUT2D eigenvalue weighted by Crippen LogP contribution is 2.24. The average molecular weight is 256 g/mol. The van der Waals surface area contributed by atoms with Gasteiger partial charge in [-0.05, 0) is 18.2 Å². The first-order valence-electron chi connectivity index (χ1n) is 4.63. The van der Waals surface area contributed by atoms with Crippen molar-refractivity contribution in [3.05, 3.63) is 36.1 Å². The minimum Gasteiger partial charge on any atom is -0.441 e. The summed E-state index contributed by atoms with van der Waals surface area (Å²) in [5, 5.41) is 4.85. The molecule has 5 nitrogen and oxygen atoms in total. The number of halogens is 1. The van der Waals surface area contributed by atoms with Gasteiger partial charge < -0.3 is 4.42 Å². The lowest BCUT2D eigenvalue weighted by Crippen LogP contribution is -2.13. The average Bonchev–Trinajstić information content (AvgIpc) is 2.62. The molecule has 0 unspecified atom stereocenters. The third kappa shape index (κ3) is 2.34. The van der Waals surface area contributed by atoms with Crippen molar-refractivity contribution in [2.75, 3.05) is 0 Å². The van der Waals surface area contributed by atoms with Crippen molar-refractivity contribution < 1.29 is 17.2 Å². The van der Waals surface area contributed by atoms with Crippen LogP contribution in [0.1, 0.15) is 5.89 Å². The Balaban J connectivity index is 2.52. The van der Waals surface area contributed by atoms with Crippen LogP contribution in [0, 0.1) is 12.7 Å². The molecule has 90 valence electrons. The Kier molecular flexibility index (Phi) is 2.72. The fourth-order valence-corrected chi connectivity index (χ4v) is 1.97. The number of primary sulfonamides is 1. The molecular formula is C10H9FN2O3S. The second-order valence-corrected chi connectivity index (χ2v) is 4.96. The third-order valence-electron chi connectivity index (χ3n) is 2.14. The summed E-state index contributed by atoms with van der Waals surface area (Å²) in [6.07, 6.45) is 1.43. The van der Waals surface area contributed by atoms with Crippen LogP contribution in [0.25, 0.3) is 11.3 Å². The zero-order valence-corrected chi connectivity index (χ0v) is 9.66. The number of nitrogens with zero attached hydrogens (tertiary/aromatic N) is 1. The van der Waals surface area contributed by atoms with Gasteiger partial charge in [0.25, 0.3) is 0 Å². The number of benzene rings is 1. The summed E-state index contributed by atoms with van der Waals surface area (Å²) in [7, 11) is -4.05. The number of aromatic nitrogens is 1. The molecule has 0 bridgehead atoms. The molecule has 0 spiro atoms. The minimum absolute atomic E-state index is 0.363. The first-order valence-corrected chi connectivity index (χ1v) is 6.18. The van der Waals surface area contributed by atoms with Crippen molar-refractivity contribution in [3.63, 3.8) is 0 Å². The van der Waals surface area contributed by atoms with Gasteiger partial charge in [-0.1, -0.05) is 0 Å². The van der Waals surface area contributed by atoms with Crippen LogP contribution in [-0.4, -0.2) is 13.4 Å². The number of aryl methyl sites for hydroxylation is 1. The zero-order valence-electron chi connectivity index (χ0n) is 8.84. The van der Waals surface area contributed by atoms with Gasteiger partial charge in [-0.2, -0.15) is 0 Å². The van der Waals surface area contributed by atoms with E-state index in [0.29, 0.717) is 17.2 Å². The fraction of sp³-hybridized carbons (Fsp3) is 0.100. The molecule has 0 fully saturated rings. The smallest absolute Gasteiger partial charge is 0.240 e. The van der Waals surface area contributed by atoms with E-state index in [4.69, 9.17) is 9.56 Å². The summed E-state index contributed by atoms with van der Waals surface area (Å²) in [6, 6.07) is 3.54. The minimum atomic E-state index is -4.05. The number of nitrogens with two attached hydrogens (primary N) is 1. The molecule has 0 aliphatic rings. The predicted octanol–water partition coefficient (Wildman–Crippen LogP) is 1.44. The highest BCUT2D eigenvalue weighted by atomic mass is 32.2. The van der Waals surface area contributed by atoms with Crippen molar-refractivity contribution in [3.8, 4) is 11.3 Å². The quantitative estimate of drug-likeness (QED) is 0.880. The van der Waals surface area contributed by atoms with Crippen LogP contribution in [0.2, 0.25) is 0 Å². The van der Waals surface area contributed by atoms with Crippen LogP contribution in [0.4, 0.5) is 4.39 Å². The highest BCUT2D eigenvalue weighted by Gasteiger charge is 2.15. The van der Waals surface area contributed by atoms with Gasteiger partial charge in [0.15, 0.2) is 11.7 Å². The van der Waals surface area contributed by atoms with Crippen molar-refractivity contribution in [1.29, 1.82) is 0 Å². The Labute approximate surface area is 97.1 Å². The number of sulfonamides is 1. The predicted molar refractivity (Wildman–Crippen MR) is 58.0 cm³/mol. The first-order chi connectivity index (χ1) is 7.88. The standard InChI is InChI=1S/C10H9FN2O3S/c1-6-13-5-9(16-6)7-2-3-10(8(11)4-7)17(12,14)15/h2-5H,1H3,(H2,12,14,15). The van der Waals surface area contributed by atoms with Crippen LogP contribution in [-0.2, 0) is 10.0 Å². The molecule has 0 aliphatic carbocycles. The summed E-state index contributed by atoms with van der Waals surface area (Å²) < 4.78 is 40.7. The Morgan fingerprint density at radius 2 is 2.12 bits per heavy atom. The van der Waals surface area contributed by atoms with Crippen LogP contribution in [0.3, 0.4) is 0 Å². The van der Waals surface area contributed by atoms with Gasteiger partial charge >= 0.3 is 0 Å². The molecule has 17 heavy (non-hydrogen) atoms. The van der Waals surface area contributed by atoms with Gasteiger partial charge in [-0.25, -0.2) is 22.9 Å². The first kappa shape index (κ1) is 11.7. The number of hydrogen-bond donors (Lipinski definition) is 1. The molecule has 0 aliphatic heterocycles. The maximum absolute atomic E-state index is 13.5. The normalized spacial score (nSPS) is 11.7. The lowest BCUT2D eigenvalue weighted by molar-refractivity contribution is 0.532. The molecule has 0 atom stereocenters. The molecule has 1 heterocycles. The summed E-state index contributed by atoms with van der Waals surface area (Å²) in [5.74, 6) is -0.114. The molecule has 7 heteroatoms. The van der Waals surface area contributed by atoms with Crippen molar-refractivity contribution in [1.82, 2.24) is 4.98 Å². The highest BCUT2D eigenvalue weighted by molar-refractivity contribution is 7.89. The molecule has 2 N–H and O–H groups in total. The Hall–Kier alpha value is -1.73. The summed E-state index contributed by atoms with van der Waals surface area (Å²) in [4.78, 5) is 3.32. The maximum Gasteiger partial charge on any atom is 0.240 e. The lowest BCUT2D eigenvalue weighted by atomic mass is 10.2. The van der Waals surface area contributed by atoms with E-state index in [1.165, 1.54) is 12.3 Å². The van der Waals surface area contributed by atoms with Gasteiger partial charge in [-0.15, -0.1) is 0 Å². The summed E-state index contributed by atoms with van der Waals surface area (Å²) >= 11 is 0. The summed E-state index contributed by atoms with van der Waals surface area (Å²) in [5.41, 5.74) is 0.399. The molecule has 1 aromatic carbocycles. The molecule has 0 radical (unpaired) electrons. The molecule has 1 aromatic heterocycles. The molecule has 2 rings (SSSR count). The Morgan fingerprint density at radius 1 is 1.41 bits per heavy atom. The number of rotatable bonds is 2. The van der Waals surface area contributed by atoms with Gasteiger partial charge in [0.05, 0.1) is 6.20 Å². The van der Waals surface area contributed by atoms with E-state index >= 15 is 0 Å². The number of hydrogen-bond acceptors (Lipinski definition) is 4. The summed E-state index contributed by atoms with van der Waals surface area (Å²) in [6.45, 7) is 1.65. The molecule has 0 amide bonds. The molecule has 0 saturated carbocycles. The monoisotopic (exact) mass is 256 g/mol. The van der Waals surface area contributed by atoms with E-state index in [2.05, 4.69) is 4.98 Å². The fourth-order valence-electron chi connectivity index (χ4n) is 1.38. The van der Waals surface area contributed by atoms with E-state index < -0.39 is 20.7 Å². The van der Waals surface area contributed by atoms with Gasteiger partial charge in [0.2, 0.25) is 10.0 Å². The van der Waals surface area contributed by atoms with Crippen molar-refractivity contribution in [2.24, 2.45) is 5.14 Å². The van der Waals surface area contributed by atoms with Crippen molar-refractivity contribution in [2.45, 2.75) is 11.8 Å². The zero-order chi connectivity index (χ0) is 12.6. The van der Waals surface area contributed by atoms with Crippen LogP contribution >= 0.6 is 0 Å². The molecular weight excluding hydrogens is 247 g/mol. The number of oxazole rings is 1.